The summed E-state index contributed by atoms with van der Waals surface area (Å²) in [4.78, 5) is 19.1. The van der Waals surface area contributed by atoms with Crippen molar-refractivity contribution in [3.05, 3.63) is 65.3 Å². The molecule has 0 bridgehead atoms. The van der Waals surface area contributed by atoms with E-state index in [9.17, 15) is 9.18 Å². The molecule has 1 N–H and O–H groups in total. The van der Waals surface area contributed by atoms with Crippen molar-refractivity contribution in [2.75, 3.05) is 23.3 Å². The standard InChI is InChI=1S/C20H20FN3OS/c1-3-24(4-2)20-23-18(13-26-20)14-9-11-15(12-10-14)22-19(25)16-7-5-6-8-17(16)21/h5-13H,3-4H2,1-2H3,(H,22,25). The third-order valence-corrected chi connectivity index (χ3v) is 4.98. The van der Waals surface area contributed by atoms with Crippen LogP contribution in [0.25, 0.3) is 11.3 Å². The number of amides is 1. The van der Waals surface area contributed by atoms with E-state index in [0.717, 1.165) is 29.5 Å². The van der Waals surface area contributed by atoms with Gasteiger partial charge < -0.3 is 10.2 Å². The van der Waals surface area contributed by atoms with Gasteiger partial charge >= 0.3 is 0 Å². The molecule has 1 amide bonds. The van der Waals surface area contributed by atoms with Crippen LogP contribution in [0.1, 0.15) is 24.2 Å². The first-order valence-corrected chi connectivity index (χ1v) is 9.37. The van der Waals surface area contributed by atoms with Crippen LogP contribution in [0.2, 0.25) is 0 Å². The van der Waals surface area contributed by atoms with Gasteiger partial charge in [-0.2, -0.15) is 0 Å². The summed E-state index contributed by atoms with van der Waals surface area (Å²) < 4.78 is 13.7. The van der Waals surface area contributed by atoms with E-state index in [2.05, 4.69) is 29.0 Å². The maximum atomic E-state index is 13.7. The lowest BCUT2D eigenvalue weighted by Crippen LogP contribution is -2.21. The number of carbonyl (C=O) groups is 1. The molecule has 0 unspecified atom stereocenters. The van der Waals surface area contributed by atoms with Crippen molar-refractivity contribution in [3.63, 3.8) is 0 Å². The third kappa shape index (κ3) is 3.91. The summed E-state index contributed by atoms with van der Waals surface area (Å²) >= 11 is 1.62. The van der Waals surface area contributed by atoms with Crippen LogP contribution in [0.4, 0.5) is 15.2 Å². The number of nitrogens with one attached hydrogen (secondary N) is 1. The van der Waals surface area contributed by atoms with E-state index >= 15 is 0 Å². The molecular formula is C20H20FN3OS. The van der Waals surface area contributed by atoms with Crippen molar-refractivity contribution >= 4 is 28.1 Å². The lowest BCUT2D eigenvalue weighted by molar-refractivity contribution is 0.102. The van der Waals surface area contributed by atoms with Crippen LogP contribution in [0, 0.1) is 5.82 Å². The van der Waals surface area contributed by atoms with Crippen LogP contribution < -0.4 is 10.2 Å². The lowest BCUT2D eigenvalue weighted by Gasteiger charge is -2.16. The summed E-state index contributed by atoms with van der Waals surface area (Å²) in [6.07, 6.45) is 0. The van der Waals surface area contributed by atoms with E-state index in [1.54, 1.807) is 35.6 Å². The largest absolute Gasteiger partial charge is 0.349 e. The van der Waals surface area contributed by atoms with Gasteiger partial charge in [0.25, 0.3) is 5.91 Å². The predicted molar refractivity (Wildman–Crippen MR) is 105 cm³/mol. The summed E-state index contributed by atoms with van der Waals surface area (Å²) in [6.45, 7) is 6.06. The minimum Gasteiger partial charge on any atom is -0.349 e. The Bertz CT molecular complexity index is 888. The van der Waals surface area contributed by atoms with E-state index in [1.807, 2.05) is 17.5 Å². The molecule has 0 spiro atoms. The molecule has 6 heteroatoms. The average molecular weight is 369 g/mol. The van der Waals surface area contributed by atoms with Gasteiger partial charge in [0, 0.05) is 29.7 Å². The van der Waals surface area contributed by atoms with Gasteiger partial charge in [-0.3, -0.25) is 4.79 Å². The Balaban J connectivity index is 1.73. The van der Waals surface area contributed by atoms with Crippen LogP contribution in [0.5, 0.6) is 0 Å². The molecule has 2 aromatic carbocycles. The number of hydrogen-bond donors (Lipinski definition) is 1. The molecule has 26 heavy (non-hydrogen) atoms. The smallest absolute Gasteiger partial charge is 0.258 e. The van der Waals surface area contributed by atoms with Gasteiger partial charge in [0.1, 0.15) is 5.82 Å². The Labute approximate surface area is 156 Å². The Morgan fingerprint density at radius 2 is 1.81 bits per heavy atom. The quantitative estimate of drug-likeness (QED) is 0.661. The average Bonchev–Trinajstić information content (AvgIpc) is 3.13. The molecule has 1 aromatic heterocycles. The van der Waals surface area contributed by atoms with Crippen LogP contribution in [0.3, 0.4) is 0 Å². The number of halogens is 1. The predicted octanol–water partition coefficient (Wildman–Crippen LogP) is 5.05. The molecule has 3 rings (SSSR count). The fraction of sp³-hybridized carbons (Fsp3) is 0.200. The molecule has 1 heterocycles. The van der Waals surface area contributed by atoms with Crippen molar-refractivity contribution in [2.45, 2.75) is 13.8 Å². The van der Waals surface area contributed by atoms with Gasteiger partial charge in [-0.15, -0.1) is 11.3 Å². The van der Waals surface area contributed by atoms with Crippen molar-refractivity contribution in [1.29, 1.82) is 0 Å². The summed E-state index contributed by atoms with van der Waals surface area (Å²) in [6, 6.07) is 13.3. The molecule has 134 valence electrons. The highest BCUT2D eigenvalue weighted by Gasteiger charge is 2.12. The molecule has 4 nitrogen and oxygen atoms in total. The molecule has 0 aliphatic carbocycles. The first kappa shape index (κ1) is 18.1. The molecule has 0 saturated carbocycles. The number of hydrogen-bond acceptors (Lipinski definition) is 4. The van der Waals surface area contributed by atoms with Crippen LogP contribution >= 0.6 is 11.3 Å². The third-order valence-electron chi connectivity index (χ3n) is 4.08. The molecule has 0 radical (unpaired) electrons. The second kappa shape index (κ2) is 8.10. The topological polar surface area (TPSA) is 45.2 Å². The summed E-state index contributed by atoms with van der Waals surface area (Å²) in [7, 11) is 0. The van der Waals surface area contributed by atoms with E-state index in [1.165, 1.54) is 12.1 Å². The van der Waals surface area contributed by atoms with Gasteiger partial charge in [-0.05, 0) is 38.1 Å². The van der Waals surface area contributed by atoms with Crippen LogP contribution in [0.15, 0.2) is 53.9 Å². The Kier molecular flexibility index (Phi) is 5.63. The molecule has 0 aliphatic heterocycles. The normalized spacial score (nSPS) is 10.6. The Morgan fingerprint density at radius 1 is 1.12 bits per heavy atom. The molecule has 0 aliphatic rings. The summed E-state index contributed by atoms with van der Waals surface area (Å²) in [5, 5.41) is 5.74. The summed E-state index contributed by atoms with van der Waals surface area (Å²) in [5.74, 6) is -0.999. The monoisotopic (exact) mass is 369 g/mol. The number of anilines is 2. The molecule has 3 aromatic rings. The van der Waals surface area contributed by atoms with Gasteiger partial charge in [0.15, 0.2) is 5.13 Å². The van der Waals surface area contributed by atoms with Gasteiger partial charge in [0.05, 0.1) is 11.3 Å². The van der Waals surface area contributed by atoms with E-state index in [4.69, 9.17) is 0 Å². The Morgan fingerprint density at radius 3 is 2.46 bits per heavy atom. The van der Waals surface area contributed by atoms with Crippen molar-refractivity contribution in [1.82, 2.24) is 4.98 Å². The highest BCUT2D eigenvalue weighted by Crippen LogP contribution is 2.28. The van der Waals surface area contributed by atoms with Crippen molar-refractivity contribution in [2.24, 2.45) is 0 Å². The highest BCUT2D eigenvalue weighted by atomic mass is 32.1. The number of carbonyl (C=O) groups excluding carboxylic acids is 1. The zero-order chi connectivity index (χ0) is 18.5. The summed E-state index contributed by atoms with van der Waals surface area (Å²) in [5.41, 5.74) is 2.52. The highest BCUT2D eigenvalue weighted by molar-refractivity contribution is 7.14. The van der Waals surface area contributed by atoms with Gasteiger partial charge in [0.2, 0.25) is 0 Å². The zero-order valence-electron chi connectivity index (χ0n) is 14.7. The van der Waals surface area contributed by atoms with Crippen LogP contribution in [-0.4, -0.2) is 24.0 Å². The minimum absolute atomic E-state index is 0.0277. The van der Waals surface area contributed by atoms with Gasteiger partial charge in [-0.1, -0.05) is 24.3 Å². The number of aromatic nitrogens is 1. The number of benzene rings is 2. The SMILES string of the molecule is CCN(CC)c1nc(-c2ccc(NC(=O)c3ccccc3F)cc2)cs1. The first-order valence-electron chi connectivity index (χ1n) is 8.49. The number of rotatable bonds is 6. The molecular weight excluding hydrogens is 349 g/mol. The molecule has 0 fully saturated rings. The number of thiazole rings is 1. The lowest BCUT2D eigenvalue weighted by atomic mass is 10.1. The molecule has 0 saturated heterocycles. The fourth-order valence-corrected chi connectivity index (χ4v) is 3.57. The zero-order valence-corrected chi connectivity index (χ0v) is 15.5. The van der Waals surface area contributed by atoms with Gasteiger partial charge in [-0.25, -0.2) is 9.37 Å². The Hall–Kier alpha value is -2.73. The van der Waals surface area contributed by atoms with E-state index in [-0.39, 0.29) is 5.56 Å². The van der Waals surface area contributed by atoms with Crippen molar-refractivity contribution in [3.8, 4) is 11.3 Å². The molecule has 0 atom stereocenters. The minimum atomic E-state index is -0.534. The first-order chi connectivity index (χ1) is 12.6. The fourth-order valence-electron chi connectivity index (χ4n) is 2.60. The number of nitrogens with zero attached hydrogens (tertiary/aromatic N) is 2. The van der Waals surface area contributed by atoms with E-state index in [0.29, 0.717) is 5.69 Å². The van der Waals surface area contributed by atoms with Crippen molar-refractivity contribution < 1.29 is 9.18 Å². The maximum Gasteiger partial charge on any atom is 0.258 e. The second-order valence-electron chi connectivity index (χ2n) is 5.70. The second-order valence-corrected chi connectivity index (χ2v) is 6.54. The van der Waals surface area contributed by atoms with E-state index < -0.39 is 11.7 Å². The maximum absolute atomic E-state index is 13.7. The van der Waals surface area contributed by atoms with Crippen LogP contribution in [-0.2, 0) is 0 Å².